The molecule has 0 radical (unpaired) electrons. The van der Waals surface area contributed by atoms with Crippen molar-refractivity contribution >= 4 is 39.2 Å². The molecule has 1 heterocycles. The van der Waals surface area contributed by atoms with Crippen molar-refractivity contribution in [1.82, 2.24) is 9.55 Å². The maximum Gasteiger partial charge on any atom is 0.182 e. The van der Waals surface area contributed by atoms with Gasteiger partial charge in [-0.3, -0.25) is 4.57 Å². The average molecular weight is 367 g/mol. The Morgan fingerprint density at radius 2 is 2.14 bits per heavy atom. The molecule has 0 atom stereocenters. The summed E-state index contributed by atoms with van der Waals surface area (Å²) >= 11 is 8.54. The van der Waals surface area contributed by atoms with Crippen LogP contribution in [-0.2, 0) is 0 Å². The molecule has 0 saturated carbocycles. The summed E-state index contributed by atoms with van der Waals surface area (Å²) in [6, 6.07) is 10.7. The molecule has 3 aromatic rings. The first kappa shape index (κ1) is 14.3. The zero-order chi connectivity index (χ0) is 15.0. The maximum atomic E-state index is 13.8. The van der Waals surface area contributed by atoms with E-state index in [0.717, 1.165) is 17.0 Å². The van der Waals surface area contributed by atoms with Crippen LogP contribution in [0.4, 0.5) is 4.39 Å². The number of nitrogens with one attached hydrogen (secondary N) is 1. The van der Waals surface area contributed by atoms with Gasteiger partial charge in [-0.15, -0.1) is 0 Å². The molecule has 3 nitrogen and oxygen atoms in total. The van der Waals surface area contributed by atoms with Crippen LogP contribution in [0.3, 0.4) is 0 Å². The number of hydrogen-bond acceptors (Lipinski definition) is 2. The molecule has 0 saturated heterocycles. The summed E-state index contributed by atoms with van der Waals surface area (Å²) in [6.45, 7) is 2.52. The van der Waals surface area contributed by atoms with E-state index in [1.807, 2.05) is 31.2 Å². The van der Waals surface area contributed by atoms with Gasteiger partial charge in [-0.1, -0.05) is 6.07 Å². The van der Waals surface area contributed by atoms with E-state index in [1.54, 1.807) is 10.6 Å². The topological polar surface area (TPSA) is 29.9 Å². The predicted molar refractivity (Wildman–Crippen MR) is 87.3 cm³/mol. The first-order valence-electron chi connectivity index (χ1n) is 6.43. The van der Waals surface area contributed by atoms with Crippen LogP contribution in [0, 0.1) is 10.6 Å². The molecule has 0 spiro atoms. The summed E-state index contributed by atoms with van der Waals surface area (Å²) < 4.78 is 22.0. The van der Waals surface area contributed by atoms with Gasteiger partial charge in [0.05, 0.1) is 27.8 Å². The fourth-order valence-corrected chi connectivity index (χ4v) is 2.89. The highest BCUT2D eigenvalue weighted by molar-refractivity contribution is 9.10. The SMILES string of the molecule is CCOc1cccc(-n2c(=S)[nH]c3cc(Br)c(F)cc32)c1. The van der Waals surface area contributed by atoms with E-state index in [4.69, 9.17) is 17.0 Å². The summed E-state index contributed by atoms with van der Waals surface area (Å²) in [5.74, 6) is 0.426. The smallest absolute Gasteiger partial charge is 0.182 e. The maximum absolute atomic E-state index is 13.8. The highest BCUT2D eigenvalue weighted by atomic mass is 79.9. The molecule has 3 rings (SSSR count). The van der Waals surface area contributed by atoms with Crippen LogP contribution in [0.2, 0.25) is 0 Å². The Bertz CT molecular complexity index is 872. The van der Waals surface area contributed by atoms with Crippen LogP contribution in [0.5, 0.6) is 5.75 Å². The van der Waals surface area contributed by atoms with Crippen molar-refractivity contribution in [2.24, 2.45) is 0 Å². The minimum absolute atomic E-state index is 0.328. The Kier molecular flexibility index (Phi) is 3.82. The Morgan fingerprint density at radius 1 is 1.33 bits per heavy atom. The molecule has 0 unspecified atom stereocenters. The summed E-state index contributed by atoms with van der Waals surface area (Å²) in [7, 11) is 0. The summed E-state index contributed by atoms with van der Waals surface area (Å²) in [6.07, 6.45) is 0. The fraction of sp³-hybridized carbons (Fsp3) is 0.133. The molecule has 21 heavy (non-hydrogen) atoms. The van der Waals surface area contributed by atoms with E-state index >= 15 is 0 Å². The molecular weight excluding hydrogens is 355 g/mol. The molecule has 1 N–H and O–H groups in total. The van der Waals surface area contributed by atoms with Crippen LogP contribution >= 0.6 is 28.1 Å². The first-order chi connectivity index (χ1) is 10.1. The molecular formula is C15H12BrFN2OS. The normalized spacial score (nSPS) is 11.0. The van der Waals surface area contributed by atoms with E-state index in [0.29, 0.717) is 21.4 Å². The molecule has 2 aromatic carbocycles. The van der Waals surface area contributed by atoms with E-state index in [2.05, 4.69) is 20.9 Å². The van der Waals surface area contributed by atoms with Crippen LogP contribution in [0.15, 0.2) is 40.9 Å². The monoisotopic (exact) mass is 366 g/mol. The lowest BCUT2D eigenvalue weighted by atomic mass is 10.2. The summed E-state index contributed by atoms with van der Waals surface area (Å²) in [5, 5.41) is 0. The van der Waals surface area contributed by atoms with Crippen molar-refractivity contribution in [3.8, 4) is 11.4 Å². The number of benzene rings is 2. The number of H-pyrrole nitrogens is 1. The third-order valence-electron chi connectivity index (χ3n) is 3.11. The lowest BCUT2D eigenvalue weighted by molar-refractivity contribution is 0.340. The molecule has 0 aliphatic carbocycles. The molecule has 0 bridgehead atoms. The zero-order valence-corrected chi connectivity index (χ0v) is 13.6. The van der Waals surface area contributed by atoms with Crippen molar-refractivity contribution in [2.45, 2.75) is 6.92 Å². The Hall–Kier alpha value is -1.66. The van der Waals surface area contributed by atoms with Gasteiger partial charge in [-0.2, -0.15) is 0 Å². The Labute approximate surface area is 134 Å². The van der Waals surface area contributed by atoms with Crippen molar-refractivity contribution < 1.29 is 9.13 Å². The van der Waals surface area contributed by atoms with Crippen LogP contribution in [-0.4, -0.2) is 16.2 Å². The third kappa shape index (κ3) is 2.61. The van der Waals surface area contributed by atoms with Crippen molar-refractivity contribution in [2.75, 3.05) is 6.61 Å². The Balaban J connectivity index is 2.24. The largest absolute Gasteiger partial charge is 0.494 e. The van der Waals surface area contributed by atoms with E-state index in [1.165, 1.54) is 6.07 Å². The predicted octanol–water partition coefficient (Wildman–Crippen LogP) is 4.99. The van der Waals surface area contributed by atoms with Gasteiger partial charge in [-0.25, -0.2) is 4.39 Å². The molecule has 0 aliphatic heterocycles. The van der Waals surface area contributed by atoms with Gasteiger partial charge in [0.25, 0.3) is 0 Å². The van der Waals surface area contributed by atoms with Crippen molar-refractivity contribution in [3.05, 3.63) is 51.5 Å². The number of imidazole rings is 1. The average Bonchev–Trinajstić information content (AvgIpc) is 2.75. The van der Waals surface area contributed by atoms with Gasteiger partial charge in [0, 0.05) is 12.1 Å². The molecule has 0 aliphatic rings. The number of aromatic nitrogens is 2. The van der Waals surface area contributed by atoms with Gasteiger partial charge in [0.15, 0.2) is 4.77 Å². The summed E-state index contributed by atoms with van der Waals surface area (Å²) in [4.78, 5) is 3.09. The van der Waals surface area contributed by atoms with E-state index in [9.17, 15) is 4.39 Å². The Morgan fingerprint density at radius 3 is 2.90 bits per heavy atom. The highest BCUT2D eigenvalue weighted by Crippen LogP contribution is 2.26. The highest BCUT2D eigenvalue weighted by Gasteiger charge is 2.10. The quantitative estimate of drug-likeness (QED) is 0.661. The zero-order valence-electron chi connectivity index (χ0n) is 11.2. The number of fused-ring (bicyclic) bond motifs is 1. The number of nitrogens with zero attached hydrogens (tertiary/aromatic N) is 1. The number of rotatable bonds is 3. The number of halogens is 2. The standard InChI is InChI=1S/C15H12BrFN2OS/c1-2-20-10-5-3-4-9(6-10)19-14-8-12(17)11(16)7-13(14)18-15(19)21/h3-8H,2H2,1H3,(H,18,21). The van der Waals surface area contributed by atoms with Crippen molar-refractivity contribution in [3.63, 3.8) is 0 Å². The molecule has 108 valence electrons. The van der Waals surface area contributed by atoms with Crippen LogP contribution in [0.1, 0.15) is 6.92 Å². The van der Waals surface area contributed by atoms with E-state index in [-0.39, 0.29) is 5.82 Å². The lowest BCUT2D eigenvalue weighted by Gasteiger charge is -2.08. The number of hydrogen-bond donors (Lipinski definition) is 1. The number of ether oxygens (including phenoxy) is 1. The second kappa shape index (κ2) is 5.61. The van der Waals surface area contributed by atoms with Crippen LogP contribution in [0.25, 0.3) is 16.7 Å². The van der Waals surface area contributed by atoms with Crippen molar-refractivity contribution in [1.29, 1.82) is 0 Å². The second-order valence-electron chi connectivity index (χ2n) is 4.48. The molecule has 0 fully saturated rings. The van der Waals surface area contributed by atoms with E-state index < -0.39 is 0 Å². The van der Waals surface area contributed by atoms with Gasteiger partial charge in [0.1, 0.15) is 11.6 Å². The third-order valence-corrected chi connectivity index (χ3v) is 4.00. The summed E-state index contributed by atoms with van der Waals surface area (Å²) in [5.41, 5.74) is 2.29. The minimum atomic E-state index is -0.328. The first-order valence-corrected chi connectivity index (χ1v) is 7.63. The minimum Gasteiger partial charge on any atom is -0.494 e. The second-order valence-corrected chi connectivity index (χ2v) is 5.72. The number of aromatic amines is 1. The molecule has 0 amide bonds. The molecule has 6 heteroatoms. The van der Waals surface area contributed by atoms with Gasteiger partial charge >= 0.3 is 0 Å². The van der Waals surface area contributed by atoms with Gasteiger partial charge < -0.3 is 9.72 Å². The molecule has 1 aromatic heterocycles. The lowest BCUT2D eigenvalue weighted by Crippen LogP contribution is -1.97. The van der Waals surface area contributed by atoms with Crippen LogP contribution < -0.4 is 4.74 Å². The van der Waals surface area contributed by atoms with Gasteiger partial charge in [0.2, 0.25) is 0 Å². The van der Waals surface area contributed by atoms with Gasteiger partial charge in [-0.05, 0) is 53.3 Å². The fourth-order valence-electron chi connectivity index (χ4n) is 2.24.